The minimum absolute atomic E-state index is 0.116. The zero-order valence-electron chi connectivity index (χ0n) is 21.4. The second-order valence-electron chi connectivity index (χ2n) is 9.75. The zero-order valence-corrected chi connectivity index (χ0v) is 21.4. The van der Waals surface area contributed by atoms with E-state index in [0.29, 0.717) is 68.8 Å². The van der Waals surface area contributed by atoms with Crippen LogP contribution in [0.25, 0.3) is 5.76 Å². The monoisotopic (exact) mass is 531 g/mol. The van der Waals surface area contributed by atoms with Gasteiger partial charge >= 0.3 is 0 Å². The van der Waals surface area contributed by atoms with Crippen molar-refractivity contribution < 1.29 is 33.7 Å². The van der Waals surface area contributed by atoms with E-state index in [1.54, 1.807) is 48.5 Å². The highest BCUT2D eigenvalue weighted by Gasteiger charge is 2.67. The molecule has 0 saturated carbocycles. The molecule has 1 atom stereocenters. The third-order valence-electron chi connectivity index (χ3n) is 7.68. The molecule has 2 saturated heterocycles. The molecule has 6 rings (SSSR count). The largest absolute Gasteiger partial charge is 0.507 e. The number of hydrogen-bond acceptors (Lipinski definition) is 8. The Morgan fingerprint density at radius 2 is 1.72 bits per heavy atom. The third kappa shape index (κ3) is 3.82. The maximum Gasteiger partial charge on any atom is 0.296 e. The van der Waals surface area contributed by atoms with Crippen LogP contribution in [-0.2, 0) is 24.7 Å². The molecule has 1 spiro atoms. The van der Waals surface area contributed by atoms with Crippen molar-refractivity contribution in [2.45, 2.75) is 5.54 Å². The highest BCUT2D eigenvalue weighted by Crippen LogP contribution is 2.53. The molecule has 202 valence electrons. The number of anilines is 1. The lowest BCUT2D eigenvalue weighted by atomic mass is 9.82. The minimum atomic E-state index is -1.82. The number of carbonyl (C=O) groups is 3. The predicted octanol–water partition coefficient (Wildman–Crippen LogP) is 1.90. The van der Waals surface area contributed by atoms with Crippen molar-refractivity contribution in [3.05, 3.63) is 71.8 Å². The van der Waals surface area contributed by atoms with Gasteiger partial charge in [-0.3, -0.25) is 19.3 Å². The number of benzene rings is 2. The molecule has 0 aromatic heterocycles. The summed E-state index contributed by atoms with van der Waals surface area (Å²) in [6, 6.07) is 11.9. The first-order valence-corrected chi connectivity index (χ1v) is 13.0. The van der Waals surface area contributed by atoms with E-state index < -0.39 is 28.9 Å². The molecule has 4 heterocycles. The number of ketones is 1. The van der Waals surface area contributed by atoms with Gasteiger partial charge in [0, 0.05) is 43.9 Å². The van der Waals surface area contributed by atoms with Gasteiger partial charge in [0.2, 0.25) is 0 Å². The van der Waals surface area contributed by atoms with Crippen LogP contribution in [0.4, 0.5) is 5.69 Å². The lowest BCUT2D eigenvalue weighted by molar-refractivity contribution is -0.144. The van der Waals surface area contributed by atoms with Crippen molar-refractivity contribution >= 4 is 29.0 Å². The summed E-state index contributed by atoms with van der Waals surface area (Å²) in [5, 5.41) is 11.7. The first-order valence-electron chi connectivity index (χ1n) is 13.0. The molecule has 1 N–H and O–H groups in total. The van der Waals surface area contributed by atoms with Crippen molar-refractivity contribution in [2.24, 2.45) is 0 Å². The second-order valence-corrected chi connectivity index (χ2v) is 9.75. The standard InChI is InChI=1S/C29H29N3O7/c1-2-9-31-21-6-4-3-5-20(21)29(28(31)36)24(25(33)19-7-8-22-23(18-19)39-17-16-38-22)26(34)27(35)32(29)11-10-30-12-14-37-15-13-30/h2-8,18,33H,1,9-17H2. The van der Waals surface area contributed by atoms with Crippen LogP contribution in [0.2, 0.25) is 0 Å². The van der Waals surface area contributed by atoms with E-state index in [1.165, 1.54) is 9.80 Å². The van der Waals surface area contributed by atoms with E-state index in [1.807, 2.05) is 0 Å². The van der Waals surface area contributed by atoms with Crippen LogP contribution < -0.4 is 14.4 Å². The zero-order chi connectivity index (χ0) is 27.1. The molecule has 10 heteroatoms. The highest BCUT2D eigenvalue weighted by molar-refractivity contribution is 6.50. The van der Waals surface area contributed by atoms with Gasteiger partial charge in [-0.1, -0.05) is 24.3 Å². The number of para-hydroxylation sites is 1. The summed E-state index contributed by atoms with van der Waals surface area (Å²) < 4.78 is 16.7. The van der Waals surface area contributed by atoms with Gasteiger partial charge in [-0.15, -0.1) is 6.58 Å². The van der Waals surface area contributed by atoms with Crippen LogP contribution in [0.3, 0.4) is 0 Å². The summed E-state index contributed by atoms with van der Waals surface area (Å²) in [5.41, 5.74) is -0.796. The van der Waals surface area contributed by atoms with Gasteiger partial charge in [0.15, 0.2) is 17.0 Å². The Bertz CT molecular complexity index is 1400. The summed E-state index contributed by atoms with van der Waals surface area (Å²) in [5.74, 6) is -1.74. The second kappa shape index (κ2) is 9.87. The van der Waals surface area contributed by atoms with E-state index in [-0.39, 0.29) is 24.2 Å². The number of morpholine rings is 1. The number of carbonyl (C=O) groups excluding carboxylic acids is 3. The molecule has 2 aromatic carbocycles. The Morgan fingerprint density at radius 1 is 0.974 bits per heavy atom. The maximum absolute atomic E-state index is 14.4. The smallest absolute Gasteiger partial charge is 0.296 e. The molecule has 4 aliphatic rings. The van der Waals surface area contributed by atoms with Crippen LogP contribution in [0.1, 0.15) is 11.1 Å². The average molecular weight is 532 g/mol. The van der Waals surface area contributed by atoms with Crippen molar-refractivity contribution in [3.8, 4) is 11.5 Å². The Kier molecular flexibility index (Phi) is 6.36. The van der Waals surface area contributed by atoms with Gasteiger partial charge in [0.05, 0.1) is 24.5 Å². The van der Waals surface area contributed by atoms with E-state index in [9.17, 15) is 19.5 Å². The maximum atomic E-state index is 14.4. The summed E-state index contributed by atoms with van der Waals surface area (Å²) in [4.78, 5) is 46.8. The topological polar surface area (TPSA) is 109 Å². The summed E-state index contributed by atoms with van der Waals surface area (Å²) in [6.45, 7) is 7.77. The van der Waals surface area contributed by atoms with Crippen molar-refractivity contribution in [2.75, 3.05) is 64.1 Å². The molecule has 0 aliphatic carbocycles. The van der Waals surface area contributed by atoms with Gasteiger partial charge in [-0.05, 0) is 24.3 Å². The number of amides is 2. The fraction of sp³-hybridized carbons (Fsp3) is 0.345. The van der Waals surface area contributed by atoms with Crippen LogP contribution in [-0.4, -0.2) is 91.7 Å². The van der Waals surface area contributed by atoms with E-state index in [0.717, 1.165) is 0 Å². The Labute approximate surface area is 225 Å². The van der Waals surface area contributed by atoms with Crippen LogP contribution in [0.15, 0.2) is 60.7 Å². The van der Waals surface area contributed by atoms with Gasteiger partial charge in [-0.2, -0.15) is 0 Å². The Morgan fingerprint density at radius 3 is 2.49 bits per heavy atom. The fourth-order valence-electron chi connectivity index (χ4n) is 5.88. The Hall–Kier alpha value is -4.15. The van der Waals surface area contributed by atoms with E-state index in [2.05, 4.69) is 11.5 Å². The average Bonchev–Trinajstić information content (AvgIpc) is 3.35. The SMILES string of the molecule is C=CCN1C(=O)C2(C(=C(O)c3ccc4c(c3)OCCO4)C(=O)C(=O)N2CCN2CCOCC2)c2ccccc21. The van der Waals surface area contributed by atoms with Crippen molar-refractivity contribution in [1.29, 1.82) is 0 Å². The van der Waals surface area contributed by atoms with Crippen LogP contribution in [0.5, 0.6) is 11.5 Å². The third-order valence-corrected chi connectivity index (χ3v) is 7.68. The van der Waals surface area contributed by atoms with E-state index in [4.69, 9.17) is 14.2 Å². The number of ether oxygens (including phenoxy) is 3. The molecule has 1 unspecified atom stereocenters. The molecule has 10 nitrogen and oxygen atoms in total. The molecule has 2 fully saturated rings. The van der Waals surface area contributed by atoms with Gasteiger partial charge in [0.1, 0.15) is 19.0 Å². The summed E-state index contributed by atoms with van der Waals surface area (Å²) in [6.07, 6.45) is 1.59. The first kappa shape index (κ1) is 25.1. The number of nitrogens with zero attached hydrogens (tertiary/aromatic N) is 3. The molecule has 2 aromatic rings. The van der Waals surface area contributed by atoms with Crippen LogP contribution >= 0.6 is 0 Å². The number of hydrogen-bond donors (Lipinski definition) is 1. The number of aliphatic hydroxyl groups is 1. The van der Waals surface area contributed by atoms with Gasteiger partial charge < -0.3 is 29.1 Å². The molecule has 0 bridgehead atoms. The number of aliphatic hydroxyl groups excluding tert-OH is 1. The highest BCUT2D eigenvalue weighted by atomic mass is 16.6. The summed E-state index contributed by atoms with van der Waals surface area (Å²) >= 11 is 0. The number of Topliss-reactive ketones (excluding diaryl/α,β-unsaturated/α-hetero) is 1. The lowest BCUT2D eigenvalue weighted by Gasteiger charge is -2.36. The fourth-order valence-corrected chi connectivity index (χ4v) is 5.88. The molecule has 2 amide bonds. The Balaban J connectivity index is 1.53. The van der Waals surface area contributed by atoms with Crippen molar-refractivity contribution in [3.63, 3.8) is 0 Å². The van der Waals surface area contributed by atoms with E-state index >= 15 is 0 Å². The quantitative estimate of drug-likeness (QED) is 0.261. The number of fused-ring (bicyclic) bond motifs is 3. The van der Waals surface area contributed by atoms with Crippen molar-refractivity contribution in [1.82, 2.24) is 9.80 Å². The minimum Gasteiger partial charge on any atom is -0.507 e. The number of likely N-dealkylation sites (tertiary alicyclic amines) is 1. The normalized spacial score (nSPS) is 23.9. The molecule has 0 radical (unpaired) electrons. The molecule has 4 aliphatic heterocycles. The van der Waals surface area contributed by atoms with Gasteiger partial charge in [-0.25, -0.2) is 0 Å². The lowest BCUT2D eigenvalue weighted by Crippen LogP contribution is -2.54. The predicted molar refractivity (Wildman–Crippen MR) is 142 cm³/mol. The molecular formula is C29H29N3O7. The molecule has 39 heavy (non-hydrogen) atoms. The molecular weight excluding hydrogens is 502 g/mol. The number of rotatable bonds is 6. The first-order chi connectivity index (χ1) is 19.0. The summed E-state index contributed by atoms with van der Waals surface area (Å²) in [7, 11) is 0. The van der Waals surface area contributed by atoms with Crippen LogP contribution in [0, 0.1) is 0 Å². The van der Waals surface area contributed by atoms with Gasteiger partial charge in [0.25, 0.3) is 17.6 Å².